The highest BCUT2D eigenvalue weighted by atomic mass is 35.5. The highest BCUT2D eigenvalue weighted by Crippen LogP contribution is 2.27. The van der Waals surface area contributed by atoms with Crippen molar-refractivity contribution in [2.45, 2.75) is 17.5 Å². The lowest BCUT2D eigenvalue weighted by Gasteiger charge is -2.08. The molecule has 1 heterocycles. The zero-order chi connectivity index (χ0) is 16.9. The molecule has 0 amide bonds. The summed E-state index contributed by atoms with van der Waals surface area (Å²) in [5.74, 6) is 1.14. The van der Waals surface area contributed by atoms with Gasteiger partial charge in [0.05, 0.1) is 0 Å². The van der Waals surface area contributed by atoms with Crippen LogP contribution in [0.4, 0.5) is 4.39 Å². The van der Waals surface area contributed by atoms with Crippen LogP contribution in [0.2, 0.25) is 5.02 Å². The van der Waals surface area contributed by atoms with E-state index in [1.165, 1.54) is 23.9 Å². The van der Waals surface area contributed by atoms with Crippen molar-refractivity contribution in [1.29, 1.82) is 0 Å². The summed E-state index contributed by atoms with van der Waals surface area (Å²) in [7, 11) is 0. The van der Waals surface area contributed by atoms with Gasteiger partial charge in [-0.15, -0.1) is 16.8 Å². The summed E-state index contributed by atoms with van der Waals surface area (Å²) in [5, 5.41) is 10.0. The second-order valence-electron chi connectivity index (χ2n) is 5.13. The molecule has 0 aliphatic carbocycles. The number of aromatic nitrogens is 3. The molecule has 3 nitrogen and oxygen atoms in total. The first kappa shape index (κ1) is 16.7. The topological polar surface area (TPSA) is 30.7 Å². The minimum atomic E-state index is -0.234. The van der Waals surface area contributed by atoms with Gasteiger partial charge < -0.3 is 0 Å². The maximum Gasteiger partial charge on any atom is 0.192 e. The molecule has 0 bridgehead atoms. The molecule has 3 rings (SSSR count). The van der Waals surface area contributed by atoms with E-state index in [4.69, 9.17) is 11.6 Å². The monoisotopic (exact) mass is 359 g/mol. The van der Waals surface area contributed by atoms with Crippen molar-refractivity contribution in [1.82, 2.24) is 14.8 Å². The summed E-state index contributed by atoms with van der Waals surface area (Å²) in [6, 6.07) is 14.0. The minimum absolute atomic E-state index is 0.234. The Labute approximate surface area is 149 Å². The molecular weight excluding hydrogens is 345 g/mol. The molecule has 1 aromatic heterocycles. The van der Waals surface area contributed by atoms with E-state index >= 15 is 0 Å². The van der Waals surface area contributed by atoms with Gasteiger partial charge in [-0.3, -0.25) is 4.57 Å². The first-order valence-corrected chi connectivity index (χ1v) is 8.71. The second-order valence-corrected chi connectivity index (χ2v) is 6.51. The van der Waals surface area contributed by atoms with Gasteiger partial charge in [-0.05, 0) is 42.0 Å². The van der Waals surface area contributed by atoms with Crippen molar-refractivity contribution in [2.75, 3.05) is 0 Å². The van der Waals surface area contributed by atoms with E-state index < -0.39 is 0 Å². The Morgan fingerprint density at radius 3 is 2.67 bits per heavy atom. The largest absolute Gasteiger partial charge is 0.298 e. The summed E-state index contributed by atoms with van der Waals surface area (Å²) in [5.41, 5.74) is 1.84. The maximum atomic E-state index is 13.3. The fourth-order valence-corrected chi connectivity index (χ4v) is 3.29. The summed E-state index contributed by atoms with van der Waals surface area (Å²) < 4.78 is 15.3. The Hall–Kier alpha value is -2.11. The predicted octanol–water partition coefficient (Wildman–Crippen LogP) is 5.22. The molecule has 0 unspecified atom stereocenters. The molecule has 122 valence electrons. The molecule has 0 aliphatic heterocycles. The zero-order valence-corrected chi connectivity index (χ0v) is 14.4. The number of hydrogen-bond acceptors (Lipinski definition) is 3. The summed E-state index contributed by atoms with van der Waals surface area (Å²) in [6.07, 6.45) is 1.80. The van der Waals surface area contributed by atoms with E-state index in [1.807, 2.05) is 34.9 Å². The third-order valence-corrected chi connectivity index (χ3v) is 4.68. The van der Waals surface area contributed by atoms with Crippen molar-refractivity contribution < 1.29 is 4.39 Å². The molecule has 0 atom stereocenters. The van der Waals surface area contributed by atoms with Crippen LogP contribution in [0.15, 0.2) is 66.3 Å². The number of hydrogen-bond donors (Lipinski definition) is 0. The average molecular weight is 360 g/mol. The fourth-order valence-electron chi connectivity index (χ4n) is 2.28. The van der Waals surface area contributed by atoms with Gasteiger partial charge >= 0.3 is 0 Å². The zero-order valence-electron chi connectivity index (χ0n) is 12.8. The fraction of sp³-hybridized carbons (Fsp3) is 0.111. The van der Waals surface area contributed by atoms with Gasteiger partial charge in [-0.25, -0.2) is 4.39 Å². The first-order valence-electron chi connectivity index (χ1n) is 7.34. The van der Waals surface area contributed by atoms with Crippen LogP contribution in [0.5, 0.6) is 0 Å². The van der Waals surface area contributed by atoms with Crippen LogP contribution in [-0.4, -0.2) is 14.8 Å². The van der Waals surface area contributed by atoms with Crippen molar-refractivity contribution in [3.8, 4) is 11.4 Å². The predicted molar refractivity (Wildman–Crippen MR) is 96.6 cm³/mol. The number of allylic oxidation sites excluding steroid dienone is 1. The lowest BCUT2D eigenvalue weighted by atomic mass is 10.2. The normalized spacial score (nSPS) is 10.8. The lowest BCUT2D eigenvalue weighted by Crippen LogP contribution is -2.00. The van der Waals surface area contributed by atoms with Crippen molar-refractivity contribution >= 4 is 23.4 Å². The smallest absolute Gasteiger partial charge is 0.192 e. The van der Waals surface area contributed by atoms with E-state index in [0.29, 0.717) is 17.3 Å². The standard InChI is InChI=1S/C18H15ClFN3S/c1-2-10-23-17(14-6-8-15(19)9-7-14)21-22-18(23)24-12-13-4-3-5-16(20)11-13/h2-9,11H,1,10,12H2. The Morgan fingerprint density at radius 1 is 1.17 bits per heavy atom. The third-order valence-electron chi connectivity index (χ3n) is 3.39. The SMILES string of the molecule is C=CCn1c(SCc2cccc(F)c2)nnc1-c1ccc(Cl)cc1. The first-order chi connectivity index (χ1) is 11.7. The van der Waals surface area contributed by atoms with E-state index in [9.17, 15) is 4.39 Å². The Kier molecular flexibility index (Phi) is 5.33. The number of rotatable bonds is 6. The molecule has 2 aromatic carbocycles. The van der Waals surface area contributed by atoms with Gasteiger partial charge in [-0.1, -0.05) is 41.6 Å². The van der Waals surface area contributed by atoms with E-state index in [1.54, 1.807) is 12.1 Å². The van der Waals surface area contributed by atoms with Gasteiger partial charge in [0, 0.05) is 22.9 Å². The third kappa shape index (κ3) is 3.86. The number of benzene rings is 2. The molecule has 0 radical (unpaired) electrons. The van der Waals surface area contributed by atoms with Crippen molar-refractivity contribution in [2.24, 2.45) is 0 Å². The molecule has 0 aliphatic rings. The minimum Gasteiger partial charge on any atom is -0.298 e. The molecular formula is C18H15ClFN3S. The van der Waals surface area contributed by atoms with Gasteiger partial charge in [0.1, 0.15) is 5.82 Å². The molecule has 0 fully saturated rings. The number of nitrogens with zero attached hydrogens (tertiary/aromatic N) is 3. The van der Waals surface area contributed by atoms with Gasteiger partial charge in [-0.2, -0.15) is 0 Å². The van der Waals surface area contributed by atoms with Crippen molar-refractivity contribution in [3.63, 3.8) is 0 Å². The molecule has 0 saturated carbocycles. The van der Waals surface area contributed by atoms with E-state index in [0.717, 1.165) is 22.1 Å². The number of halogens is 2. The quantitative estimate of drug-likeness (QED) is 0.446. The van der Waals surface area contributed by atoms with Crippen LogP contribution < -0.4 is 0 Å². The molecule has 0 N–H and O–H groups in total. The highest BCUT2D eigenvalue weighted by Gasteiger charge is 2.13. The Morgan fingerprint density at radius 2 is 1.96 bits per heavy atom. The summed E-state index contributed by atoms with van der Waals surface area (Å²) in [4.78, 5) is 0. The van der Waals surface area contributed by atoms with Crippen LogP contribution in [0.3, 0.4) is 0 Å². The van der Waals surface area contributed by atoms with E-state index in [2.05, 4.69) is 16.8 Å². The van der Waals surface area contributed by atoms with Crippen LogP contribution in [0.1, 0.15) is 5.56 Å². The van der Waals surface area contributed by atoms with Crippen LogP contribution in [-0.2, 0) is 12.3 Å². The molecule has 3 aromatic rings. The van der Waals surface area contributed by atoms with Crippen LogP contribution in [0.25, 0.3) is 11.4 Å². The van der Waals surface area contributed by atoms with Crippen molar-refractivity contribution in [3.05, 3.63) is 77.6 Å². The molecule has 0 saturated heterocycles. The van der Waals surface area contributed by atoms with Crippen LogP contribution in [0, 0.1) is 5.82 Å². The Bertz CT molecular complexity index is 846. The summed E-state index contributed by atoms with van der Waals surface area (Å²) >= 11 is 7.46. The Balaban J connectivity index is 1.85. The maximum absolute atomic E-state index is 13.3. The van der Waals surface area contributed by atoms with Gasteiger partial charge in [0.2, 0.25) is 0 Å². The average Bonchev–Trinajstić information content (AvgIpc) is 2.97. The van der Waals surface area contributed by atoms with Gasteiger partial charge in [0.15, 0.2) is 11.0 Å². The van der Waals surface area contributed by atoms with Crippen LogP contribution >= 0.6 is 23.4 Å². The lowest BCUT2D eigenvalue weighted by molar-refractivity contribution is 0.626. The number of thioether (sulfide) groups is 1. The molecule has 0 spiro atoms. The van der Waals surface area contributed by atoms with E-state index in [-0.39, 0.29) is 5.82 Å². The second kappa shape index (κ2) is 7.64. The van der Waals surface area contributed by atoms with Gasteiger partial charge in [0.25, 0.3) is 0 Å². The molecule has 6 heteroatoms. The molecule has 24 heavy (non-hydrogen) atoms. The highest BCUT2D eigenvalue weighted by molar-refractivity contribution is 7.98. The summed E-state index contributed by atoms with van der Waals surface area (Å²) in [6.45, 7) is 4.39.